The Morgan fingerprint density at radius 3 is 2.32 bits per heavy atom. The van der Waals surface area contributed by atoms with Crippen LogP contribution in [0.3, 0.4) is 0 Å². The molecule has 0 bridgehead atoms. The Kier molecular flexibility index (Phi) is 6.12. The Morgan fingerprint density at radius 2 is 1.80 bits per heavy atom. The molecule has 0 aliphatic carbocycles. The van der Waals surface area contributed by atoms with E-state index in [1.54, 1.807) is 30.0 Å². The number of nitrogens with zero attached hydrogens (tertiary/aromatic N) is 2. The molecule has 1 aromatic carbocycles. The summed E-state index contributed by atoms with van der Waals surface area (Å²) in [6.45, 7) is 3.39. The largest absolute Gasteiger partial charge is 0.493 e. The first-order valence-electron chi connectivity index (χ1n) is 7.87. The van der Waals surface area contributed by atoms with Crippen molar-refractivity contribution < 1.29 is 27.4 Å². The maximum Gasteiger partial charge on any atom is 0.246 e. The van der Waals surface area contributed by atoms with Gasteiger partial charge in [-0.2, -0.15) is 0 Å². The fourth-order valence-electron chi connectivity index (χ4n) is 2.81. The fraction of sp³-hybridized carbons (Fsp3) is 0.562. The van der Waals surface area contributed by atoms with Crippen LogP contribution in [-0.2, 0) is 19.6 Å². The minimum absolute atomic E-state index is 0.261. The van der Waals surface area contributed by atoms with Crippen LogP contribution < -0.4 is 13.8 Å². The van der Waals surface area contributed by atoms with Crippen molar-refractivity contribution in [1.29, 1.82) is 0 Å². The highest BCUT2D eigenvalue weighted by Gasteiger charge is 2.33. The monoisotopic (exact) mass is 372 g/mol. The summed E-state index contributed by atoms with van der Waals surface area (Å²) in [7, 11) is -0.724. The van der Waals surface area contributed by atoms with E-state index in [0.717, 1.165) is 10.6 Å². The molecule has 0 unspecified atom stereocenters. The Bertz CT molecular complexity index is 715. The lowest BCUT2D eigenvalue weighted by Crippen LogP contribution is -2.52. The van der Waals surface area contributed by atoms with Gasteiger partial charge in [0.1, 0.15) is 6.04 Å². The van der Waals surface area contributed by atoms with Gasteiger partial charge in [0.25, 0.3) is 0 Å². The fourth-order valence-corrected chi connectivity index (χ4v) is 3.97. The standard InChI is InChI=1S/C16H24N2O6S/c1-12(16(19)17-7-9-24-10-8-17)18(25(4,20)21)13-5-6-14(22-2)15(11-13)23-3/h5-6,11-12H,7-10H2,1-4H3/t12-/m1/s1. The van der Waals surface area contributed by atoms with E-state index in [-0.39, 0.29) is 5.91 Å². The molecule has 1 aliphatic heterocycles. The zero-order valence-electron chi connectivity index (χ0n) is 14.9. The predicted octanol–water partition coefficient (Wildman–Crippen LogP) is 0.717. The van der Waals surface area contributed by atoms with Crippen molar-refractivity contribution in [2.24, 2.45) is 0 Å². The van der Waals surface area contributed by atoms with Gasteiger partial charge in [0, 0.05) is 19.2 Å². The van der Waals surface area contributed by atoms with Crippen LogP contribution in [0, 0.1) is 0 Å². The minimum Gasteiger partial charge on any atom is -0.493 e. The van der Waals surface area contributed by atoms with Crippen molar-refractivity contribution in [3.63, 3.8) is 0 Å². The van der Waals surface area contributed by atoms with Crippen LogP contribution in [0.15, 0.2) is 18.2 Å². The minimum atomic E-state index is -3.69. The Balaban J connectivity index is 2.38. The zero-order valence-corrected chi connectivity index (χ0v) is 15.7. The smallest absolute Gasteiger partial charge is 0.246 e. The first kappa shape index (κ1) is 19.3. The van der Waals surface area contributed by atoms with E-state index in [9.17, 15) is 13.2 Å². The lowest BCUT2D eigenvalue weighted by Gasteiger charge is -2.34. The van der Waals surface area contributed by atoms with Gasteiger partial charge >= 0.3 is 0 Å². The third-order valence-corrected chi connectivity index (χ3v) is 5.25. The van der Waals surface area contributed by atoms with Gasteiger partial charge in [0.05, 0.1) is 39.4 Å². The van der Waals surface area contributed by atoms with Crippen LogP contribution in [0.5, 0.6) is 11.5 Å². The molecule has 0 radical (unpaired) electrons. The molecule has 0 aromatic heterocycles. The Hall–Kier alpha value is -2.00. The number of rotatable bonds is 6. The van der Waals surface area contributed by atoms with Gasteiger partial charge in [-0.1, -0.05) is 0 Å². The maximum atomic E-state index is 12.7. The summed E-state index contributed by atoms with van der Waals surface area (Å²) < 4.78 is 41.5. The van der Waals surface area contributed by atoms with Gasteiger partial charge in [-0.15, -0.1) is 0 Å². The molecule has 8 nitrogen and oxygen atoms in total. The summed E-state index contributed by atoms with van der Waals surface area (Å²) in [5, 5.41) is 0. The number of methoxy groups -OCH3 is 2. The van der Waals surface area contributed by atoms with Crippen molar-refractivity contribution in [2.45, 2.75) is 13.0 Å². The molecule has 1 atom stereocenters. The summed E-state index contributed by atoms with van der Waals surface area (Å²) >= 11 is 0. The van der Waals surface area contributed by atoms with Crippen LogP contribution in [0.4, 0.5) is 5.69 Å². The number of hydrogen-bond acceptors (Lipinski definition) is 6. The second-order valence-corrected chi connectivity index (χ2v) is 7.57. The normalized spacial score (nSPS) is 16.2. The van der Waals surface area contributed by atoms with Gasteiger partial charge in [-0.25, -0.2) is 8.42 Å². The van der Waals surface area contributed by atoms with E-state index >= 15 is 0 Å². The SMILES string of the molecule is COc1ccc(N([C@H](C)C(=O)N2CCOCC2)S(C)(=O)=O)cc1OC. The van der Waals surface area contributed by atoms with E-state index in [2.05, 4.69) is 0 Å². The molecule has 1 saturated heterocycles. The molecular weight excluding hydrogens is 348 g/mol. The second-order valence-electron chi connectivity index (χ2n) is 5.71. The molecule has 1 aromatic rings. The first-order chi connectivity index (χ1) is 11.8. The van der Waals surface area contributed by atoms with Crippen LogP contribution in [0.1, 0.15) is 6.92 Å². The topological polar surface area (TPSA) is 85.4 Å². The molecule has 25 heavy (non-hydrogen) atoms. The maximum absolute atomic E-state index is 12.7. The molecule has 9 heteroatoms. The number of sulfonamides is 1. The van der Waals surface area contributed by atoms with Crippen molar-refractivity contribution >= 4 is 21.6 Å². The average molecular weight is 372 g/mol. The van der Waals surface area contributed by atoms with Crippen LogP contribution in [-0.4, -0.2) is 72.0 Å². The third kappa shape index (κ3) is 4.35. The number of amides is 1. The molecule has 1 aliphatic rings. The summed E-state index contributed by atoms with van der Waals surface area (Å²) in [4.78, 5) is 14.4. The van der Waals surface area contributed by atoms with Crippen molar-refractivity contribution in [1.82, 2.24) is 4.90 Å². The van der Waals surface area contributed by atoms with Crippen molar-refractivity contribution in [2.75, 3.05) is 51.1 Å². The van der Waals surface area contributed by atoms with Gasteiger partial charge in [0.2, 0.25) is 15.9 Å². The van der Waals surface area contributed by atoms with Gasteiger partial charge in [-0.3, -0.25) is 9.10 Å². The number of hydrogen-bond donors (Lipinski definition) is 0. The lowest BCUT2D eigenvalue weighted by atomic mass is 10.2. The Morgan fingerprint density at radius 1 is 1.20 bits per heavy atom. The molecular formula is C16H24N2O6S. The highest BCUT2D eigenvalue weighted by Crippen LogP contribution is 2.33. The highest BCUT2D eigenvalue weighted by molar-refractivity contribution is 7.92. The number of morpholine rings is 1. The predicted molar refractivity (Wildman–Crippen MR) is 93.7 cm³/mol. The average Bonchev–Trinajstić information content (AvgIpc) is 2.60. The van der Waals surface area contributed by atoms with Crippen LogP contribution >= 0.6 is 0 Å². The third-order valence-electron chi connectivity index (χ3n) is 4.01. The number of carbonyl (C=O) groups is 1. The Labute approximate surface area is 148 Å². The second kappa shape index (κ2) is 7.92. The van der Waals surface area contributed by atoms with Crippen LogP contribution in [0.25, 0.3) is 0 Å². The number of ether oxygens (including phenoxy) is 3. The molecule has 140 valence electrons. The zero-order chi connectivity index (χ0) is 18.6. The number of benzene rings is 1. The summed E-state index contributed by atoms with van der Waals surface area (Å²) in [5.74, 6) is 0.607. The van der Waals surface area contributed by atoms with Gasteiger partial charge < -0.3 is 19.1 Å². The van der Waals surface area contributed by atoms with Gasteiger partial charge in [0.15, 0.2) is 11.5 Å². The van der Waals surface area contributed by atoms with Crippen molar-refractivity contribution in [3.05, 3.63) is 18.2 Å². The van der Waals surface area contributed by atoms with Gasteiger partial charge in [-0.05, 0) is 19.1 Å². The molecule has 0 spiro atoms. The molecule has 1 fully saturated rings. The van der Waals surface area contributed by atoms with E-state index < -0.39 is 16.1 Å². The molecule has 2 rings (SSSR count). The summed E-state index contributed by atoms with van der Waals surface area (Å²) in [5.41, 5.74) is 0.342. The van der Waals surface area contributed by atoms with E-state index in [4.69, 9.17) is 14.2 Å². The molecule has 0 saturated carbocycles. The van der Waals surface area contributed by atoms with E-state index in [0.29, 0.717) is 43.5 Å². The lowest BCUT2D eigenvalue weighted by molar-refractivity contribution is -0.136. The first-order valence-corrected chi connectivity index (χ1v) is 9.72. The quantitative estimate of drug-likeness (QED) is 0.731. The van der Waals surface area contributed by atoms with Crippen LogP contribution in [0.2, 0.25) is 0 Å². The molecule has 1 amide bonds. The molecule has 0 N–H and O–H groups in total. The summed E-state index contributed by atoms with van der Waals surface area (Å²) in [6, 6.07) is 3.86. The van der Waals surface area contributed by atoms with Crippen molar-refractivity contribution in [3.8, 4) is 11.5 Å². The van der Waals surface area contributed by atoms with E-state index in [1.807, 2.05) is 0 Å². The van der Waals surface area contributed by atoms with E-state index in [1.165, 1.54) is 14.2 Å². The highest BCUT2D eigenvalue weighted by atomic mass is 32.2. The number of anilines is 1. The summed E-state index contributed by atoms with van der Waals surface area (Å²) in [6.07, 6.45) is 1.08. The number of carbonyl (C=O) groups excluding carboxylic acids is 1. The molecule has 1 heterocycles.